The van der Waals surface area contributed by atoms with Crippen molar-refractivity contribution >= 4 is 27.6 Å². The van der Waals surface area contributed by atoms with Gasteiger partial charge in [-0.2, -0.15) is 4.31 Å². The number of rotatable bonds is 3. The molecule has 1 aliphatic heterocycles. The van der Waals surface area contributed by atoms with Crippen LogP contribution in [0.3, 0.4) is 0 Å². The van der Waals surface area contributed by atoms with Crippen LogP contribution in [-0.4, -0.2) is 51.5 Å². The number of hydrogen-bond acceptors (Lipinski definition) is 5. The summed E-state index contributed by atoms with van der Waals surface area (Å²) in [5, 5.41) is 3.22. The molecule has 1 N–H and O–H groups in total. The van der Waals surface area contributed by atoms with Crippen LogP contribution in [0.25, 0.3) is 0 Å². The molecule has 0 radical (unpaired) electrons. The van der Waals surface area contributed by atoms with E-state index in [0.717, 1.165) is 0 Å². The lowest BCUT2D eigenvalue weighted by Gasteiger charge is -2.33. The topological polar surface area (TPSA) is 75.7 Å². The molecule has 1 aromatic carbocycles. The maximum atomic E-state index is 12.7. The molecular formula is C13H17ClN2O4S. The number of ether oxygens (including phenoxy) is 1. The lowest BCUT2D eigenvalue weighted by molar-refractivity contribution is 0.0600. The van der Waals surface area contributed by atoms with Crippen LogP contribution in [0.2, 0.25) is 5.02 Å². The molecule has 1 atom stereocenters. The number of carbonyl (C=O) groups excluding carboxylic acids is 1. The van der Waals surface area contributed by atoms with Crippen LogP contribution < -0.4 is 5.32 Å². The first-order chi connectivity index (χ1) is 9.87. The molecule has 0 saturated carbocycles. The highest BCUT2D eigenvalue weighted by atomic mass is 35.5. The SMILES string of the molecule is COC(=O)c1ccc(Cl)c(S(=O)(=O)N2CCNC[C@H]2C)c1. The molecule has 1 aromatic rings. The predicted molar refractivity (Wildman–Crippen MR) is 79.0 cm³/mol. The minimum absolute atomic E-state index is 0.0687. The second-order valence-corrected chi connectivity index (χ2v) is 7.07. The van der Waals surface area contributed by atoms with Gasteiger partial charge < -0.3 is 10.1 Å². The van der Waals surface area contributed by atoms with E-state index in [1.165, 1.54) is 29.6 Å². The molecule has 1 saturated heterocycles. The lowest BCUT2D eigenvalue weighted by Crippen LogP contribution is -2.52. The van der Waals surface area contributed by atoms with Gasteiger partial charge in [-0.05, 0) is 25.1 Å². The Bertz CT molecular complexity index is 648. The molecule has 116 valence electrons. The Morgan fingerprint density at radius 2 is 2.19 bits per heavy atom. The fraction of sp³-hybridized carbons (Fsp3) is 0.462. The minimum atomic E-state index is -3.75. The molecule has 0 spiro atoms. The number of piperazine rings is 1. The first kappa shape index (κ1) is 16.2. The monoisotopic (exact) mass is 332 g/mol. The molecule has 1 heterocycles. The summed E-state index contributed by atoms with van der Waals surface area (Å²) in [4.78, 5) is 11.5. The molecule has 2 rings (SSSR count). The third-order valence-corrected chi connectivity index (χ3v) is 5.87. The Morgan fingerprint density at radius 1 is 1.48 bits per heavy atom. The van der Waals surface area contributed by atoms with Crippen LogP contribution in [0.1, 0.15) is 17.3 Å². The van der Waals surface area contributed by atoms with Crippen molar-refractivity contribution in [3.63, 3.8) is 0 Å². The van der Waals surface area contributed by atoms with E-state index in [9.17, 15) is 13.2 Å². The van der Waals surface area contributed by atoms with Crippen LogP contribution in [0.5, 0.6) is 0 Å². The fourth-order valence-corrected chi connectivity index (χ4v) is 4.38. The molecule has 0 aromatic heterocycles. The third kappa shape index (κ3) is 3.21. The minimum Gasteiger partial charge on any atom is -0.465 e. The van der Waals surface area contributed by atoms with Crippen LogP contribution in [0.15, 0.2) is 23.1 Å². The fourth-order valence-electron chi connectivity index (χ4n) is 2.25. The Hall–Kier alpha value is -1.15. The molecule has 6 nitrogen and oxygen atoms in total. The lowest BCUT2D eigenvalue weighted by atomic mass is 10.2. The molecule has 8 heteroatoms. The van der Waals surface area contributed by atoms with Gasteiger partial charge in [-0.15, -0.1) is 0 Å². The first-order valence-electron chi connectivity index (χ1n) is 6.48. The average Bonchev–Trinajstić information content (AvgIpc) is 2.47. The van der Waals surface area contributed by atoms with Crippen molar-refractivity contribution in [2.24, 2.45) is 0 Å². The van der Waals surface area contributed by atoms with E-state index in [4.69, 9.17) is 11.6 Å². The number of methoxy groups -OCH3 is 1. The molecular weight excluding hydrogens is 316 g/mol. The van der Waals surface area contributed by atoms with Crippen LogP contribution in [0.4, 0.5) is 0 Å². The van der Waals surface area contributed by atoms with Gasteiger partial charge in [-0.25, -0.2) is 13.2 Å². The van der Waals surface area contributed by atoms with Gasteiger partial charge in [0.15, 0.2) is 0 Å². The van der Waals surface area contributed by atoms with E-state index in [2.05, 4.69) is 10.1 Å². The van der Waals surface area contributed by atoms with E-state index in [1.807, 2.05) is 6.92 Å². The van der Waals surface area contributed by atoms with E-state index >= 15 is 0 Å². The van der Waals surface area contributed by atoms with Gasteiger partial charge in [0.1, 0.15) is 4.90 Å². The largest absolute Gasteiger partial charge is 0.465 e. The first-order valence-corrected chi connectivity index (χ1v) is 8.30. The van der Waals surface area contributed by atoms with Crippen molar-refractivity contribution in [3.05, 3.63) is 28.8 Å². The quantitative estimate of drug-likeness (QED) is 0.839. The van der Waals surface area contributed by atoms with Crippen molar-refractivity contribution in [1.82, 2.24) is 9.62 Å². The summed E-state index contributed by atoms with van der Waals surface area (Å²) in [6.07, 6.45) is 0. The Labute approximate surface area is 129 Å². The maximum absolute atomic E-state index is 12.7. The zero-order valence-corrected chi connectivity index (χ0v) is 13.4. The van der Waals surface area contributed by atoms with Crippen LogP contribution in [0, 0.1) is 0 Å². The Kier molecular flexibility index (Phi) is 4.88. The highest BCUT2D eigenvalue weighted by molar-refractivity contribution is 7.89. The molecule has 0 aliphatic carbocycles. The third-order valence-electron chi connectivity index (χ3n) is 3.38. The van der Waals surface area contributed by atoms with Crippen LogP contribution >= 0.6 is 11.6 Å². The van der Waals surface area contributed by atoms with Crippen molar-refractivity contribution in [3.8, 4) is 0 Å². The van der Waals surface area contributed by atoms with Gasteiger partial charge in [-0.3, -0.25) is 0 Å². The molecule has 0 bridgehead atoms. The van der Waals surface area contributed by atoms with E-state index in [-0.39, 0.29) is 21.5 Å². The van der Waals surface area contributed by atoms with Gasteiger partial charge in [-0.1, -0.05) is 11.6 Å². The number of benzene rings is 1. The molecule has 1 fully saturated rings. The normalized spacial score (nSPS) is 20.2. The highest BCUT2D eigenvalue weighted by Gasteiger charge is 2.32. The average molecular weight is 333 g/mol. The smallest absolute Gasteiger partial charge is 0.337 e. The summed E-state index contributed by atoms with van der Waals surface area (Å²) in [5.41, 5.74) is 0.156. The second kappa shape index (κ2) is 6.31. The number of halogens is 1. The standard InChI is InChI=1S/C13H17ClN2O4S/c1-9-8-15-5-6-16(9)21(18,19)12-7-10(13(17)20-2)3-4-11(12)14/h3-4,7,9,15H,5-6,8H2,1-2H3/t9-/m1/s1. The highest BCUT2D eigenvalue weighted by Crippen LogP contribution is 2.27. The Balaban J connectivity index is 2.46. The van der Waals surface area contributed by atoms with Crippen LogP contribution in [-0.2, 0) is 14.8 Å². The van der Waals surface area contributed by atoms with Gasteiger partial charge in [0.2, 0.25) is 10.0 Å². The number of carbonyl (C=O) groups is 1. The second-order valence-electron chi connectivity index (χ2n) is 4.81. The van der Waals surface area contributed by atoms with Crippen molar-refractivity contribution < 1.29 is 17.9 Å². The van der Waals surface area contributed by atoms with Crippen molar-refractivity contribution in [2.45, 2.75) is 17.9 Å². The van der Waals surface area contributed by atoms with Gasteiger partial charge in [0.05, 0.1) is 17.7 Å². The van der Waals surface area contributed by atoms with Crippen molar-refractivity contribution in [1.29, 1.82) is 0 Å². The molecule has 0 amide bonds. The zero-order chi connectivity index (χ0) is 15.6. The van der Waals surface area contributed by atoms with Gasteiger partial charge in [0.25, 0.3) is 0 Å². The summed E-state index contributed by atoms with van der Waals surface area (Å²) in [5.74, 6) is -0.600. The molecule has 21 heavy (non-hydrogen) atoms. The summed E-state index contributed by atoms with van der Waals surface area (Å²) in [6.45, 7) is 3.34. The van der Waals surface area contributed by atoms with E-state index in [0.29, 0.717) is 19.6 Å². The number of nitrogens with one attached hydrogen (secondary N) is 1. The zero-order valence-electron chi connectivity index (χ0n) is 11.8. The number of esters is 1. The maximum Gasteiger partial charge on any atom is 0.337 e. The van der Waals surface area contributed by atoms with Gasteiger partial charge in [0, 0.05) is 25.7 Å². The number of nitrogens with zero attached hydrogens (tertiary/aromatic N) is 1. The van der Waals surface area contributed by atoms with Crippen molar-refractivity contribution in [2.75, 3.05) is 26.7 Å². The summed E-state index contributed by atoms with van der Waals surface area (Å²) in [6, 6.07) is 3.92. The van der Waals surface area contributed by atoms with Gasteiger partial charge >= 0.3 is 5.97 Å². The molecule has 1 aliphatic rings. The summed E-state index contributed by atoms with van der Waals surface area (Å²) >= 11 is 6.02. The van der Waals surface area contributed by atoms with E-state index < -0.39 is 16.0 Å². The predicted octanol–water partition coefficient (Wildman–Crippen LogP) is 1.11. The summed E-state index contributed by atoms with van der Waals surface area (Å²) in [7, 11) is -2.51. The number of sulfonamides is 1. The summed E-state index contributed by atoms with van der Waals surface area (Å²) < 4.78 is 31.5. The van der Waals surface area contributed by atoms with E-state index in [1.54, 1.807) is 0 Å². The molecule has 0 unspecified atom stereocenters. The number of hydrogen-bond donors (Lipinski definition) is 1. The Morgan fingerprint density at radius 3 is 2.81 bits per heavy atom.